The van der Waals surface area contributed by atoms with Crippen LogP contribution in [0.4, 0.5) is 0 Å². The molecule has 1 N–H and O–H groups in total. The van der Waals surface area contributed by atoms with Crippen molar-refractivity contribution in [2.24, 2.45) is 0 Å². The molecular formula is C22H21O3P. The summed E-state index contributed by atoms with van der Waals surface area (Å²) in [5.41, 5.74) is 6.12. The van der Waals surface area contributed by atoms with Crippen LogP contribution in [0.1, 0.15) is 27.0 Å². The molecule has 0 aromatic heterocycles. The van der Waals surface area contributed by atoms with E-state index in [1.165, 1.54) is 0 Å². The first-order chi connectivity index (χ1) is 12.4. The van der Waals surface area contributed by atoms with Gasteiger partial charge < -0.3 is 4.89 Å². The van der Waals surface area contributed by atoms with E-state index in [2.05, 4.69) is 0 Å². The van der Waals surface area contributed by atoms with Gasteiger partial charge in [-0.3, -0.25) is 9.36 Å². The van der Waals surface area contributed by atoms with E-state index in [4.69, 9.17) is 0 Å². The minimum atomic E-state index is -3.31. The summed E-state index contributed by atoms with van der Waals surface area (Å²) < 4.78 is 11.6. The Labute approximate surface area is 154 Å². The van der Waals surface area contributed by atoms with Crippen LogP contribution in [0.5, 0.6) is 0 Å². The van der Waals surface area contributed by atoms with E-state index in [0.717, 1.165) is 38.9 Å². The van der Waals surface area contributed by atoms with Gasteiger partial charge in [-0.2, -0.15) is 0 Å². The summed E-state index contributed by atoms with van der Waals surface area (Å²) in [4.78, 5) is 22.1. The van der Waals surface area contributed by atoms with Gasteiger partial charge in [0.05, 0.1) is 0 Å². The normalized spacial score (nSPS) is 12.0. The lowest BCUT2D eigenvalue weighted by Crippen LogP contribution is -2.07. The molecule has 3 nitrogen and oxygen atoms in total. The van der Waals surface area contributed by atoms with Gasteiger partial charge in [0.2, 0.25) is 5.52 Å². The average molecular weight is 364 g/mol. The second kappa shape index (κ2) is 7.41. The zero-order valence-corrected chi connectivity index (χ0v) is 16.0. The van der Waals surface area contributed by atoms with Gasteiger partial charge in [0.15, 0.2) is 0 Å². The Bertz CT molecular complexity index is 926. The predicted octanol–water partition coefficient (Wildman–Crippen LogP) is 5.55. The van der Waals surface area contributed by atoms with Gasteiger partial charge in [-0.1, -0.05) is 60.7 Å². The molecule has 0 saturated carbocycles. The van der Waals surface area contributed by atoms with E-state index in [0.29, 0.717) is 5.56 Å². The molecule has 0 radical (unpaired) electrons. The van der Waals surface area contributed by atoms with Crippen molar-refractivity contribution in [2.75, 3.05) is 0 Å². The summed E-state index contributed by atoms with van der Waals surface area (Å²) in [6.07, 6.45) is 0. The molecule has 0 bridgehead atoms. The molecule has 3 aromatic carbocycles. The topological polar surface area (TPSA) is 54.4 Å². The fourth-order valence-electron chi connectivity index (χ4n) is 3.74. The van der Waals surface area contributed by atoms with E-state index in [1.54, 1.807) is 0 Å². The van der Waals surface area contributed by atoms with Crippen LogP contribution in [0, 0.1) is 20.8 Å². The molecule has 0 heterocycles. The molecule has 26 heavy (non-hydrogen) atoms. The van der Waals surface area contributed by atoms with E-state index >= 15 is 0 Å². The first kappa shape index (κ1) is 18.3. The van der Waals surface area contributed by atoms with Crippen LogP contribution < -0.4 is 0 Å². The van der Waals surface area contributed by atoms with Crippen molar-refractivity contribution in [3.05, 3.63) is 82.9 Å². The Hall–Kier alpha value is -2.48. The van der Waals surface area contributed by atoms with Gasteiger partial charge in [0.25, 0.3) is 8.03 Å². The molecule has 0 fully saturated rings. The second-order valence-corrected chi connectivity index (χ2v) is 7.43. The number of rotatable bonds is 4. The molecule has 0 aliphatic rings. The van der Waals surface area contributed by atoms with Crippen LogP contribution in [0.25, 0.3) is 22.3 Å². The van der Waals surface area contributed by atoms with E-state index < -0.39 is 13.6 Å². The largest absolute Gasteiger partial charge is 0.341 e. The van der Waals surface area contributed by atoms with Crippen LogP contribution in [0.2, 0.25) is 0 Å². The third-order valence-corrected chi connectivity index (χ3v) is 5.43. The van der Waals surface area contributed by atoms with Crippen LogP contribution in [0.15, 0.2) is 60.7 Å². The highest BCUT2D eigenvalue weighted by molar-refractivity contribution is 7.59. The summed E-state index contributed by atoms with van der Waals surface area (Å²) in [6, 6.07) is 19.7. The molecule has 1 atom stereocenters. The van der Waals surface area contributed by atoms with Gasteiger partial charge in [0, 0.05) is 5.56 Å². The average Bonchev–Trinajstić information content (AvgIpc) is 2.63. The molecule has 1 unspecified atom stereocenters. The Morgan fingerprint density at radius 1 is 0.731 bits per heavy atom. The van der Waals surface area contributed by atoms with Crippen molar-refractivity contribution in [2.45, 2.75) is 20.8 Å². The first-order valence-corrected chi connectivity index (χ1v) is 9.81. The predicted molar refractivity (Wildman–Crippen MR) is 107 cm³/mol. The van der Waals surface area contributed by atoms with Crippen molar-refractivity contribution in [1.29, 1.82) is 0 Å². The summed E-state index contributed by atoms with van der Waals surface area (Å²) in [5.74, 6) is 0. The Balaban J connectivity index is 2.44. The zero-order valence-electron chi connectivity index (χ0n) is 15.0. The highest BCUT2D eigenvalue weighted by Gasteiger charge is 2.25. The quantitative estimate of drug-likeness (QED) is 0.617. The lowest BCUT2D eigenvalue weighted by molar-refractivity contribution is 0.106. The highest BCUT2D eigenvalue weighted by atomic mass is 31.1. The van der Waals surface area contributed by atoms with E-state index in [-0.39, 0.29) is 0 Å². The Morgan fingerprint density at radius 2 is 1.12 bits per heavy atom. The van der Waals surface area contributed by atoms with Crippen molar-refractivity contribution >= 4 is 13.6 Å². The van der Waals surface area contributed by atoms with Gasteiger partial charge in [0.1, 0.15) is 0 Å². The molecule has 4 heteroatoms. The molecule has 3 aromatic rings. The fourth-order valence-corrected chi connectivity index (χ4v) is 4.33. The van der Waals surface area contributed by atoms with Gasteiger partial charge in [-0.25, -0.2) is 0 Å². The number of carbonyl (C=O) groups excluding carboxylic acids is 1. The summed E-state index contributed by atoms with van der Waals surface area (Å²) in [6.45, 7) is 5.76. The van der Waals surface area contributed by atoms with E-state index in [9.17, 15) is 14.3 Å². The van der Waals surface area contributed by atoms with Crippen LogP contribution >= 0.6 is 8.03 Å². The van der Waals surface area contributed by atoms with Crippen LogP contribution in [-0.2, 0) is 4.57 Å². The molecule has 0 spiro atoms. The maximum Gasteiger partial charge on any atom is 0.257 e. The number of carbonyl (C=O) groups is 1. The molecule has 0 aliphatic heterocycles. The van der Waals surface area contributed by atoms with E-state index in [1.807, 2.05) is 81.4 Å². The second-order valence-electron chi connectivity index (χ2n) is 6.37. The van der Waals surface area contributed by atoms with Crippen molar-refractivity contribution in [3.63, 3.8) is 0 Å². The first-order valence-electron chi connectivity index (χ1n) is 8.45. The van der Waals surface area contributed by atoms with Crippen molar-refractivity contribution in [1.82, 2.24) is 0 Å². The maximum atomic E-state index is 12.5. The Morgan fingerprint density at radius 3 is 1.46 bits per heavy atom. The molecule has 0 amide bonds. The zero-order chi connectivity index (χ0) is 18.8. The molecular weight excluding hydrogens is 343 g/mol. The molecule has 0 saturated heterocycles. The molecule has 132 valence electrons. The SMILES string of the molecule is Cc1c(C(=O)[PH](=O)O)c(C)c(-c2ccccc2)c(C)c1-c1ccccc1. The number of hydrogen-bond donors (Lipinski definition) is 1. The fraction of sp³-hybridized carbons (Fsp3) is 0.136. The molecule has 0 aliphatic carbocycles. The van der Waals surface area contributed by atoms with Crippen LogP contribution in [-0.4, -0.2) is 10.4 Å². The van der Waals surface area contributed by atoms with Crippen molar-refractivity contribution in [3.8, 4) is 22.3 Å². The Kier molecular flexibility index (Phi) is 5.22. The third-order valence-electron chi connectivity index (χ3n) is 4.80. The smallest absolute Gasteiger partial charge is 0.257 e. The maximum absolute atomic E-state index is 12.5. The van der Waals surface area contributed by atoms with Crippen LogP contribution in [0.3, 0.4) is 0 Å². The summed E-state index contributed by atoms with van der Waals surface area (Å²) in [7, 11) is -3.31. The number of hydrogen-bond acceptors (Lipinski definition) is 2. The standard InChI is InChI=1S/C22H21O3P/c1-14-19(17-10-6-4-7-11-17)15(2)21(22(23)26(24)25)16(3)20(14)18-12-8-5-9-13-18/h4-13,26H,1-3H3,(H,24,25). The minimum absolute atomic E-state index is 0.361. The summed E-state index contributed by atoms with van der Waals surface area (Å²) in [5, 5.41) is 0. The minimum Gasteiger partial charge on any atom is -0.341 e. The van der Waals surface area contributed by atoms with Gasteiger partial charge in [-0.15, -0.1) is 0 Å². The van der Waals surface area contributed by atoms with Gasteiger partial charge in [-0.05, 0) is 59.7 Å². The molecule has 3 rings (SSSR count). The third kappa shape index (κ3) is 3.16. The highest BCUT2D eigenvalue weighted by Crippen LogP contribution is 2.41. The monoisotopic (exact) mass is 364 g/mol. The summed E-state index contributed by atoms with van der Waals surface area (Å²) >= 11 is 0. The van der Waals surface area contributed by atoms with Crippen molar-refractivity contribution < 1.29 is 14.3 Å². The van der Waals surface area contributed by atoms with Gasteiger partial charge >= 0.3 is 0 Å². The lowest BCUT2D eigenvalue weighted by Gasteiger charge is -2.22. The number of benzene rings is 3. The lowest BCUT2D eigenvalue weighted by atomic mass is 9.83.